The first kappa shape index (κ1) is 23.5. The molecule has 0 spiro atoms. The van der Waals surface area contributed by atoms with Gasteiger partial charge in [0.2, 0.25) is 0 Å². The number of rotatable bonds is 5. The topological polar surface area (TPSA) is 86.3 Å². The van der Waals surface area contributed by atoms with Crippen molar-refractivity contribution in [2.24, 2.45) is 14.1 Å². The van der Waals surface area contributed by atoms with Crippen LogP contribution in [0.15, 0.2) is 53.5 Å². The van der Waals surface area contributed by atoms with E-state index in [2.05, 4.69) is 5.10 Å². The normalized spacial score (nSPS) is 12.8. The molecule has 0 atom stereocenters. The molecular formula is C28H26FN3O4. The fourth-order valence-corrected chi connectivity index (χ4v) is 5.06. The molecule has 0 bridgehead atoms. The van der Waals surface area contributed by atoms with Crippen LogP contribution in [0.4, 0.5) is 4.39 Å². The van der Waals surface area contributed by atoms with Crippen molar-refractivity contribution in [2.75, 3.05) is 6.61 Å². The zero-order valence-electron chi connectivity index (χ0n) is 20.3. The van der Waals surface area contributed by atoms with Gasteiger partial charge in [0.05, 0.1) is 24.3 Å². The van der Waals surface area contributed by atoms with Gasteiger partial charge in [-0.15, -0.1) is 0 Å². The number of hydrogen-bond donors (Lipinski definition) is 1. The van der Waals surface area contributed by atoms with Gasteiger partial charge in [0.1, 0.15) is 11.6 Å². The molecule has 3 heterocycles. The van der Waals surface area contributed by atoms with E-state index in [0.29, 0.717) is 45.8 Å². The number of benzene rings is 2. The molecule has 2 aromatic carbocycles. The molecule has 0 amide bonds. The lowest BCUT2D eigenvalue weighted by atomic mass is 9.89. The molecule has 0 aliphatic carbocycles. The summed E-state index contributed by atoms with van der Waals surface area (Å²) in [5.74, 6) is -0.624. The highest BCUT2D eigenvalue weighted by molar-refractivity contribution is 5.84. The quantitative estimate of drug-likeness (QED) is 0.447. The minimum absolute atomic E-state index is 0.306. The first-order chi connectivity index (χ1) is 17.3. The summed E-state index contributed by atoms with van der Waals surface area (Å²) in [6.45, 7) is 2.49. The number of pyridine rings is 1. The number of aliphatic carboxylic acids is 1. The van der Waals surface area contributed by atoms with E-state index in [1.54, 1.807) is 43.2 Å². The summed E-state index contributed by atoms with van der Waals surface area (Å²) in [6, 6.07) is 12.1. The van der Waals surface area contributed by atoms with E-state index in [0.717, 1.165) is 29.7 Å². The molecule has 184 valence electrons. The van der Waals surface area contributed by atoms with E-state index in [-0.39, 0.29) is 12.0 Å². The number of aryl methyl sites for hydroxylation is 2. The lowest BCUT2D eigenvalue weighted by Gasteiger charge is -2.22. The summed E-state index contributed by atoms with van der Waals surface area (Å²) in [5.41, 5.74) is 5.15. The maximum absolute atomic E-state index is 14.8. The summed E-state index contributed by atoms with van der Waals surface area (Å²) < 4.78 is 23.5. The molecule has 4 aromatic rings. The Morgan fingerprint density at radius 1 is 1.11 bits per heavy atom. The van der Waals surface area contributed by atoms with Crippen LogP contribution in [0.25, 0.3) is 33.5 Å². The van der Waals surface area contributed by atoms with Crippen LogP contribution in [-0.2, 0) is 31.7 Å². The molecule has 0 saturated carbocycles. The van der Waals surface area contributed by atoms with Crippen molar-refractivity contribution in [3.8, 4) is 39.3 Å². The first-order valence-electron chi connectivity index (χ1n) is 11.7. The summed E-state index contributed by atoms with van der Waals surface area (Å²) >= 11 is 0. The molecule has 8 heteroatoms. The van der Waals surface area contributed by atoms with Crippen molar-refractivity contribution in [3.05, 3.63) is 81.7 Å². The Kier molecular flexibility index (Phi) is 5.96. The van der Waals surface area contributed by atoms with Crippen LogP contribution < -0.4 is 10.3 Å². The van der Waals surface area contributed by atoms with E-state index < -0.39 is 11.8 Å². The first-order valence-corrected chi connectivity index (χ1v) is 11.7. The number of nitrogens with zero attached hydrogens (tertiary/aromatic N) is 3. The number of hydrogen-bond acceptors (Lipinski definition) is 4. The average molecular weight is 488 g/mol. The number of aromatic nitrogens is 3. The van der Waals surface area contributed by atoms with Crippen molar-refractivity contribution >= 4 is 5.97 Å². The van der Waals surface area contributed by atoms with Crippen LogP contribution in [0.2, 0.25) is 0 Å². The van der Waals surface area contributed by atoms with Gasteiger partial charge >= 0.3 is 5.97 Å². The zero-order chi connectivity index (χ0) is 25.6. The molecule has 1 aliphatic rings. The largest absolute Gasteiger partial charge is 0.493 e. The second-order valence-electron chi connectivity index (χ2n) is 9.07. The molecule has 5 rings (SSSR count). The van der Waals surface area contributed by atoms with Crippen molar-refractivity contribution in [3.63, 3.8) is 0 Å². The summed E-state index contributed by atoms with van der Waals surface area (Å²) in [4.78, 5) is 25.4. The highest BCUT2D eigenvalue weighted by Crippen LogP contribution is 2.37. The third-order valence-electron chi connectivity index (χ3n) is 6.83. The molecule has 0 saturated heterocycles. The number of halogens is 1. The SMILES string of the molecule is Cc1c(-c2ccc3c(c2)CCCO3)c(CC(=O)O)n(C)c(=O)c1-c1ccc(F)c(-c2ccnn2C)c1. The Labute approximate surface area is 207 Å². The second-order valence-corrected chi connectivity index (χ2v) is 9.07. The van der Waals surface area contributed by atoms with E-state index in [1.165, 1.54) is 10.6 Å². The van der Waals surface area contributed by atoms with Gasteiger partial charge in [0, 0.05) is 37.1 Å². The van der Waals surface area contributed by atoms with E-state index >= 15 is 0 Å². The van der Waals surface area contributed by atoms with Crippen LogP contribution in [0.3, 0.4) is 0 Å². The average Bonchev–Trinajstić information content (AvgIpc) is 3.28. The van der Waals surface area contributed by atoms with Gasteiger partial charge in [-0.25, -0.2) is 4.39 Å². The maximum Gasteiger partial charge on any atom is 0.309 e. The fourth-order valence-electron chi connectivity index (χ4n) is 5.06. The molecule has 1 N–H and O–H groups in total. The van der Waals surface area contributed by atoms with Gasteiger partial charge < -0.3 is 14.4 Å². The van der Waals surface area contributed by atoms with Crippen LogP contribution in [0.5, 0.6) is 5.75 Å². The molecule has 0 unspecified atom stereocenters. The molecule has 0 radical (unpaired) electrons. The Hall–Kier alpha value is -4.20. The van der Waals surface area contributed by atoms with Gasteiger partial charge in [-0.1, -0.05) is 12.1 Å². The van der Waals surface area contributed by atoms with Gasteiger partial charge in [-0.05, 0) is 72.4 Å². The molecule has 7 nitrogen and oxygen atoms in total. The zero-order valence-corrected chi connectivity index (χ0v) is 20.3. The number of fused-ring (bicyclic) bond motifs is 1. The Balaban J connectivity index is 1.77. The number of carboxylic acid groups (broad SMARTS) is 1. The monoisotopic (exact) mass is 487 g/mol. The highest BCUT2D eigenvalue weighted by atomic mass is 19.1. The third-order valence-corrected chi connectivity index (χ3v) is 6.83. The minimum Gasteiger partial charge on any atom is -0.493 e. The van der Waals surface area contributed by atoms with Crippen molar-refractivity contribution in [1.29, 1.82) is 0 Å². The molecule has 1 aliphatic heterocycles. The number of carboxylic acids is 1. The van der Waals surface area contributed by atoms with Crippen LogP contribution in [0, 0.1) is 12.7 Å². The fraction of sp³-hybridized carbons (Fsp3) is 0.250. The predicted molar refractivity (Wildman–Crippen MR) is 135 cm³/mol. The van der Waals surface area contributed by atoms with Gasteiger partial charge in [-0.2, -0.15) is 5.10 Å². The van der Waals surface area contributed by atoms with Crippen LogP contribution >= 0.6 is 0 Å². The summed E-state index contributed by atoms with van der Waals surface area (Å²) in [7, 11) is 3.31. The third kappa shape index (κ3) is 3.98. The molecular weight excluding hydrogens is 461 g/mol. The Morgan fingerprint density at radius 2 is 1.86 bits per heavy atom. The maximum atomic E-state index is 14.8. The number of ether oxygens (including phenoxy) is 1. The Morgan fingerprint density at radius 3 is 2.58 bits per heavy atom. The second kappa shape index (κ2) is 9.11. The standard InChI is InChI=1S/C28H26FN3O4/c1-16-26(18-7-9-24-17(13-18)5-4-12-36-24)23(15-25(33)34)31(2)28(35)27(16)19-6-8-21(29)20(14-19)22-10-11-30-32(22)3/h6-11,13-14H,4-5,12,15H2,1-3H3,(H,33,34). The van der Waals surface area contributed by atoms with Crippen LogP contribution in [-0.4, -0.2) is 32.0 Å². The number of carbonyl (C=O) groups is 1. The van der Waals surface area contributed by atoms with Crippen LogP contribution in [0.1, 0.15) is 23.2 Å². The minimum atomic E-state index is -1.03. The summed E-state index contributed by atoms with van der Waals surface area (Å²) in [6.07, 6.45) is 3.05. The lowest BCUT2D eigenvalue weighted by molar-refractivity contribution is -0.136. The lowest BCUT2D eigenvalue weighted by Crippen LogP contribution is -2.26. The summed E-state index contributed by atoms with van der Waals surface area (Å²) in [5, 5.41) is 13.8. The Bertz CT molecular complexity index is 1570. The van der Waals surface area contributed by atoms with E-state index in [9.17, 15) is 19.1 Å². The van der Waals surface area contributed by atoms with Crippen molar-refractivity contribution in [1.82, 2.24) is 14.3 Å². The van der Waals surface area contributed by atoms with Crippen molar-refractivity contribution in [2.45, 2.75) is 26.2 Å². The van der Waals surface area contributed by atoms with E-state index in [4.69, 9.17) is 4.74 Å². The van der Waals surface area contributed by atoms with Gasteiger partial charge in [0.15, 0.2) is 0 Å². The molecule has 36 heavy (non-hydrogen) atoms. The predicted octanol–water partition coefficient (Wildman–Crippen LogP) is 4.52. The molecule has 2 aromatic heterocycles. The smallest absolute Gasteiger partial charge is 0.309 e. The van der Waals surface area contributed by atoms with Gasteiger partial charge in [-0.3, -0.25) is 14.3 Å². The highest BCUT2D eigenvalue weighted by Gasteiger charge is 2.24. The van der Waals surface area contributed by atoms with Crippen molar-refractivity contribution < 1.29 is 19.0 Å². The van der Waals surface area contributed by atoms with E-state index in [1.807, 2.05) is 25.1 Å². The molecule has 0 fully saturated rings. The van der Waals surface area contributed by atoms with Gasteiger partial charge in [0.25, 0.3) is 5.56 Å².